The molecule has 190 valence electrons. The van der Waals surface area contributed by atoms with Gasteiger partial charge in [0.05, 0.1) is 11.0 Å². The second kappa shape index (κ2) is 10.2. The van der Waals surface area contributed by atoms with Crippen molar-refractivity contribution in [3.05, 3.63) is 99.3 Å². The maximum atomic E-state index is 12.7. The number of nitrogens with zero attached hydrogens (tertiary/aromatic N) is 3. The monoisotopic (exact) mass is 516 g/mol. The molecule has 1 aromatic carbocycles. The Balaban J connectivity index is 1.16. The molecule has 0 saturated carbocycles. The number of likely N-dealkylation sites (tertiary alicyclic amines) is 1. The molecule has 2 aromatic heterocycles. The first kappa shape index (κ1) is 24.0. The van der Waals surface area contributed by atoms with Crippen LogP contribution in [0.2, 0.25) is 5.02 Å². The Morgan fingerprint density at radius 1 is 1.27 bits per heavy atom. The number of rotatable bonds is 5. The highest BCUT2D eigenvalue weighted by molar-refractivity contribution is 6.31. The van der Waals surface area contributed by atoms with Crippen molar-refractivity contribution < 1.29 is 9.47 Å². The lowest BCUT2D eigenvalue weighted by atomic mass is 9.97. The first-order chi connectivity index (χ1) is 18.1. The molecule has 1 saturated heterocycles. The maximum absolute atomic E-state index is 12.7. The highest BCUT2D eigenvalue weighted by atomic mass is 35.5. The number of H-pyrrole nitrogens is 1. The molecule has 4 heterocycles. The molecule has 7 nitrogen and oxygen atoms in total. The zero-order valence-electron chi connectivity index (χ0n) is 20.7. The average molecular weight is 517 g/mol. The lowest BCUT2D eigenvalue weighted by molar-refractivity contribution is 0.164. The van der Waals surface area contributed by atoms with Crippen molar-refractivity contribution in [2.24, 2.45) is 0 Å². The van der Waals surface area contributed by atoms with E-state index in [4.69, 9.17) is 21.1 Å². The molecule has 0 radical (unpaired) electrons. The number of allylic oxidation sites excluding steroid dienone is 4. The minimum absolute atomic E-state index is 0.0586. The number of halogens is 1. The molecular formula is C29H29ClN4O3. The molecule has 1 aliphatic carbocycles. The molecule has 6 rings (SSSR count). The topological polar surface area (TPSA) is 72.4 Å². The van der Waals surface area contributed by atoms with Crippen LogP contribution in [0.5, 0.6) is 5.88 Å². The van der Waals surface area contributed by atoms with E-state index in [9.17, 15) is 4.79 Å². The number of ether oxygens (including phenoxy) is 2. The number of aromatic nitrogens is 3. The normalized spacial score (nSPS) is 21.2. The Bertz CT molecular complexity index is 1500. The number of fused-ring (bicyclic) bond motifs is 3. The van der Waals surface area contributed by atoms with Crippen LogP contribution in [0.1, 0.15) is 30.9 Å². The van der Waals surface area contributed by atoms with Gasteiger partial charge in [0.2, 0.25) is 5.88 Å². The molecule has 3 aliphatic rings. The fourth-order valence-corrected chi connectivity index (χ4v) is 5.69. The summed E-state index contributed by atoms with van der Waals surface area (Å²) in [6, 6.07) is 9.77. The van der Waals surface area contributed by atoms with Crippen molar-refractivity contribution in [1.29, 1.82) is 0 Å². The SMILES string of the molecule is COC1C=CC=C2Oc3ncccc3C(=CCCN3CCC(n4c(=O)[nH]c5cc(Cl)ccc54)CC3)C=C21. The molecule has 0 bridgehead atoms. The Morgan fingerprint density at radius 2 is 2.14 bits per heavy atom. The van der Waals surface area contributed by atoms with E-state index in [1.807, 2.05) is 47.1 Å². The predicted molar refractivity (Wildman–Crippen MR) is 146 cm³/mol. The van der Waals surface area contributed by atoms with Crippen molar-refractivity contribution in [2.45, 2.75) is 31.4 Å². The Hall–Kier alpha value is -3.39. The first-order valence-electron chi connectivity index (χ1n) is 12.7. The van der Waals surface area contributed by atoms with Crippen LogP contribution < -0.4 is 10.4 Å². The Morgan fingerprint density at radius 3 is 2.97 bits per heavy atom. The van der Waals surface area contributed by atoms with E-state index in [0.717, 1.165) is 72.4 Å². The van der Waals surface area contributed by atoms with Crippen LogP contribution in [0.4, 0.5) is 0 Å². The van der Waals surface area contributed by atoms with Gasteiger partial charge in [0.25, 0.3) is 0 Å². The minimum atomic E-state index is -0.152. The van der Waals surface area contributed by atoms with Crippen molar-refractivity contribution in [1.82, 2.24) is 19.4 Å². The number of imidazole rings is 1. The number of hydrogen-bond acceptors (Lipinski definition) is 5. The van der Waals surface area contributed by atoms with Crippen LogP contribution >= 0.6 is 11.6 Å². The lowest BCUT2D eigenvalue weighted by Crippen LogP contribution is -2.37. The minimum Gasteiger partial charge on any atom is -0.438 e. The van der Waals surface area contributed by atoms with E-state index in [1.165, 1.54) is 0 Å². The van der Waals surface area contributed by atoms with Gasteiger partial charge in [-0.25, -0.2) is 9.78 Å². The Kier molecular flexibility index (Phi) is 6.59. The van der Waals surface area contributed by atoms with Crippen LogP contribution in [0.25, 0.3) is 16.6 Å². The number of nitrogens with one attached hydrogen (secondary N) is 1. The number of hydrogen-bond donors (Lipinski definition) is 1. The molecule has 2 aliphatic heterocycles. The van der Waals surface area contributed by atoms with Gasteiger partial charge in [-0.2, -0.15) is 0 Å². The van der Waals surface area contributed by atoms with Crippen molar-refractivity contribution in [3.63, 3.8) is 0 Å². The van der Waals surface area contributed by atoms with Gasteiger partial charge in [0.1, 0.15) is 11.9 Å². The van der Waals surface area contributed by atoms with Crippen LogP contribution in [-0.4, -0.2) is 52.3 Å². The van der Waals surface area contributed by atoms with Gasteiger partial charge in [0.15, 0.2) is 0 Å². The lowest BCUT2D eigenvalue weighted by Gasteiger charge is -2.32. The second-order valence-electron chi connectivity index (χ2n) is 9.61. The Labute approximate surface area is 220 Å². The van der Waals surface area contributed by atoms with E-state index in [0.29, 0.717) is 10.9 Å². The summed E-state index contributed by atoms with van der Waals surface area (Å²) in [6.45, 7) is 2.85. The summed E-state index contributed by atoms with van der Waals surface area (Å²) < 4.78 is 13.8. The summed E-state index contributed by atoms with van der Waals surface area (Å²) in [5.41, 5.74) is 4.74. The third kappa shape index (κ3) is 4.70. The largest absolute Gasteiger partial charge is 0.438 e. The van der Waals surface area contributed by atoms with Crippen molar-refractivity contribution in [2.75, 3.05) is 26.7 Å². The van der Waals surface area contributed by atoms with E-state index in [1.54, 1.807) is 13.3 Å². The molecule has 37 heavy (non-hydrogen) atoms. The molecule has 1 atom stereocenters. The standard InChI is InChI=1S/C29H29ClN4O3/c1-36-26-7-2-8-27-23(26)17-19(22-6-3-13-31-28(22)37-27)5-4-14-33-15-11-21(12-16-33)34-25-10-9-20(30)18-24(25)32-29(34)35/h2-3,5-10,13,17-18,21,26H,4,11-12,14-16H2,1H3,(H,32,35). The zero-order chi connectivity index (χ0) is 25.4. The van der Waals surface area contributed by atoms with Gasteiger partial charge < -0.3 is 19.4 Å². The predicted octanol–water partition coefficient (Wildman–Crippen LogP) is 5.28. The van der Waals surface area contributed by atoms with E-state index < -0.39 is 0 Å². The maximum Gasteiger partial charge on any atom is 0.326 e. The number of aromatic amines is 1. The summed E-state index contributed by atoms with van der Waals surface area (Å²) in [6.07, 6.45) is 14.8. The fourth-order valence-electron chi connectivity index (χ4n) is 5.52. The molecule has 1 fully saturated rings. The molecule has 0 spiro atoms. The van der Waals surface area contributed by atoms with Crippen molar-refractivity contribution >= 4 is 28.2 Å². The third-order valence-electron chi connectivity index (χ3n) is 7.39. The summed E-state index contributed by atoms with van der Waals surface area (Å²) in [7, 11) is 1.71. The molecule has 1 N–H and O–H groups in total. The molecule has 0 amide bonds. The highest BCUT2D eigenvalue weighted by Crippen LogP contribution is 2.36. The fraction of sp³-hybridized carbons (Fsp3) is 0.310. The molecule has 8 heteroatoms. The van der Waals surface area contributed by atoms with Gasteiger partial charge in [-0.3, -0.25) is 4.57 Å². The van der Waals surface area contributed by atoms with Crippen molar-refractivity contribution in [3.8, 4) is 5.88 Å². The van der Waals surface area contributed by atoms with Crippen LogP contribution in [0, 0.1) is 0 Å². The average Bonchev–Trinajstić information content (AvgIpc) is 3.14. The van der Waals surface area contributed by atoms with Crippen LogP contribution in [-0.2, 0) is 4.74 Å². The summed E-state index contributed by atoms with van der Waals surface area (Å²) in [5, 5.41) is 0.629. The molecule has 1 unspecified atom stereocenters. The first-order valence-corrected chi connectivity index (χ1v) is 13.1. The number of pyridine rings is 1. The van der Waals surface area contributed by atoms with E-state index in [-0.39, 0.29) is 17.8 Å². The number of piperidine rings is 1. The smallest absolute Gasteiger partial charge is 0.326 e. The van der Waals surface area contributed by atoms with Gasteiger partial charge in [-0.05, 0) is 67.3 Å². The highest BCUT2D eigenvalue weighted by Gasteiger charge is 2.26. The summed E-state index contributed by atoms with van der Waals surface area (Å²) >= 11 is 6.11. The van der Waals surface area contributed by atoms with Gasteiger partial charge >= 0.3 is 5.69 Å². The molecular weight excluding hydrogens is 488 g/mol. The summed E-state index contributed by atoms with van der Waals surface area (Å²) in [5.74, 6) is 1.39. The number of methoxy groups -OCH3 is 1. The third-order valence-corrected chi connectivity index (χ3v) is 7.62. The van der Waals surface area contributed by atoms with Crippen LogP contribution in [0.3, 0.4) is 0 Å². The van der Waals surface area contributed by atoms with Gasteiger partial charge in [-0.15, -0.1) is 0 Å². The van der Waals surface area contributed by atoms with E-state index in [2.05, 4.69) is 33.1 Å². The number of benzene rings is 1. The zero-order valence-corrected chi connectivity index (χ0v) is 21.4. The van der Waals surface area contributed by atoms with Gasteiger partial charge in [-0.1, -0.05) is 29.8 Å². The van der Waals surface area contributed by atoms with Crippen LogP contribution in [0.15, 0.2) is 83.0 Å². The molecule has 3 aromatic rings. The summed E-state index contributed by atoms with van der Waals surface area (Å²) in [4.78, 5) is 22.6. The van der Waals surface area contributed by atoms with E-state index >= 15 is 0 Å². The quantitative estimate of drug-likeness (QED) is 0.500. The van der Waals surface area contributed by atoms with Gasteiger partial charge in [0, 0.05) is 55.1 Å². The second-order valence-corrected chi connectivity index (χ2v) is 10.0.